The Balaban J connectivity index is 2.67. The van der Waals surface area contributed by atoms with Crippen LogP contribution in [0.1, 0.15) is 11.1 Å². The van der Waals surface area contributed by atoms with E-state index in [9.17, 15) is 23.8 Å². The minimum absolute atomic E-state index is 0.0208. The van der Waals surface area contributed by atoms with E-state index >= 15 is 0 Å². The van der Waals surface area contributed by atoms with Gasteiger partial charge in [0.25, 0.3) is 0 Å². The molecular weight excluding hydrogens is 254 g/mol. The van der Waals surface area contributed by atoms with Crippen LogP contribution in [0.4, 0.5) is 8.78 Å². The molecule has 2 N–H and O–H groups in total. The summed E-state index contributed by atoms with van der Waals surface area (Å²) in [5.74, 6) is -3.51. The number of benzene rings is 2. The maximum absolute atomic E-state index is 13.2. The van der Waals surface area contributed by atoms with Gasteiger partial charge in [0.15, 0.2) is 0 Å². The first kappa shape index (κ1) is 13.2. The Morgan fingerprint density at radius 1 is 0.947 bits per heavy atom. The van der Waals surface area contributed by atoms with Crippen LogP contribution in [0.25, 0.3) is 0 Å². The highest BCUT2D eigenvalue weighted by Gasteiger charge is 2.40. The lowest BCUT2D eigenvalue weighted by Gasteiger charge is -2.24. The average molecular weight is 264 g/mol. The van der Waals surface area contributed by atoms with Gasteiger partial charge in [0.2, 0.25) is 5.60 Å². The second-order valence-corrected chi connectivity index (χ2v) is 4.04. The second-order valence-electron chi connectivity index (χ2n) is 4.04. The normalized spacial score (nSPS) is 13.8. The van der Waals surface area contributed by atoms with Crippen molar-refractivity contribution in [2.24, 2.45) is 0 Å². The van der Waals surface area contributed by atoms with E-state index in [0.717, 1.165) is 12.1 Å². The summed E-state index contributed by atoms with van der Waals surface area (Å²) in [7, 11) is 0. The van der Waals surface area contributed by atoms with Gasteiger partial charge in [-0.05, 0) is 17.7 Å². The molecule has 1 unspecified atom stereocenters. The summed E-state index contributed by atoms with van der Waals surface area (Å²) in [5.41, 5.74) is -2.85. The fraction of sp³-hybridized carbons (Fsp3) is 0.0714. The molecule has 1 atom stereocenters. The standard InChI is InChI=1S/C14H10F2O3/c15-11-6-10(7-12(16)8-11)14(19,13(17)18)9-4-2-1-3-5-9/h1-8,19H,(H,17,18). The predicted molar refractivity (Wildman–Crippen MR) is 63.4 cm³/mol. The predicted octanol–water partition coefficient (Wildman–Crippen LogP) is 2.29. The number of halogens is 2. The molecule has 0 saturated carbocycles. The molecule has 19 heavy (non-hydrogen) atoms. The monoisotopic (exact) mass is 264 g/mol. The van der Waals surface area contributed by atoms with Gasteiger partial charge in [-0.2, -0.15) is 0 Å². The van der Waals surface area contributed by atoms with E-state index in [1.807, 2.05) is 0 Å². The minimum atomic E-state index is -2.50. The molecule has 0 aliphatic carbocycles. The average Bonchev–Trinajstić information content (AvgIpc) is 2.37. The molecule has 3 nitrogen and oxygen atoms in total. The number of aliphatic hydroxyl groups is 1. The van der Waals surface area contributed by atoms with Crippen LogP contribution in [-0.4, -0.2) is 16.2 Å². The van der Waals surface area contributed by atoms with Gasteiger partial charge in [-0.3, -0.25) is 0 Å². The summed E-state index contributed by atoms with van der Waals surface area (Å²) in [6.07, 6.45) is 0. The zero-order chi connectivity index (χ0) is 14.0. The van der Waals surface area contributed by atoms with Gasteiger partial charge in [0.1, 0.15) is 11.6 Å². The highest BCUT2D eigenvalue weighted by molar-refractivity contribution is 5.83. The van der Waals surface area contributed by atoms with E-state index in [1.54, 1.807) is 6.07 Å². The zero-order valence-electron chi connectivity index (χ0n) is 9.68. The van der Waals surface area contributed by atoms with E-state index in [2.05, 4.69) is 0 Å². The van der Waals surface area contributed by atoms with E-state index in [4.69, 9.17) is 0 Å². The van der Waals surface area contributed by atoms with Crippen LogP contribution in [0.2, 0.25) is 0 Å². The Hall–Kier alpha value is -2.27. The van der Waals surface area contributed by atoms with E-state index in [-0.39, 0.29) is 11.1 Å². The second kappa shape index (κ2) is 4.78. The molecule has 0 aliphatic rings. The summed E-state index contributed by atoms with van der Waals surface area (Å²) in [5, 5.41) is 19.6. The summed E-state index contributed by atoms with van der Waals surface area (Å²) < 4.78 is 26.4. The topological polar surface area (TPSA) is 57.5 Å². The van der Waals surface area contributed by atoms with Crippen LogP contribution in [0.15, 0.2) is 48.5 Å². The Bertz CT molecular complexity index is 593. The molecule has 0 radical (unpaired) electrons. The molecule has 0 aromatic heterocycles. The molecule has 0 spiro atoms. The van der Waals surface area contributed by atoms with Crippen LogP contribution in [0.3, 0.4) is 0 Å². The van der Waals surface area contributed by atoms with Gasteiger partial charge in [-0.1, -0.05) is 30.3 Å². The Labute approximate surface area is 107 Å². The lowest BCUT2D eigenvalue weighted by molar-refractivity contribution is -0.155. The van der Waals surface area contributed by atoms with Gasteiger partial charge in [-0.25, -0.2) is 13.6 Å². The lowest BCUT2D eigenvalue weighted by Crippen LogP contribution is -2.37. The number of hydrogen-bond acceptors (Lipinski definition) is 2. The molecule has 0 bridgehead atoms. The van der Waals surface area contributed by atoms with Crippen molar-refractivity contribution in [1.29, 1.82) is 0 Å². The molecule has 0 amide bonds. The van der Waals surface area contributed by atoms with Crippen molar-refractivity contribution in [3.63, 3.8) is 0 Å². The van der Waals surface area contributed by atoms with Crippen molar-refractivity contribution >= 4 is 5.97 Å². The first-order chi connectivity index (χ1) is 8.94. The molecular formula is C14H10F2O3. The quantitative estimate of drug-likeness (QED) is 0.894. The Kier molecular flexibility index (Phi) is 3.31. The van der Waals surface area contributed by atoms with E-state index < -0.39 is 23.2 Å². The smallest absolute Gasteiger partial charge is 0.345 e. The van der Waals surface area contributed by atoms with Crippen LogP contribution >= 0.6 is 0 Å². The molecule has 0 fully saturated rings. The molecule has 2 aromatic carbocycles. The van der Waals surface area contributed by atoms with Gasteiger partial charge in [0, 0.05) is 11.6 Å². The van der Waals surface area contributed by atoms with E-state index in [1.165, 1.54) is 24.3 Å². The maximum atomic E-state index is 13.2. The van der Waals surface area contributed by atoms with Crippen molar-refractivity contribution in [3.05, 3.63) is 71.3 Å². The third-order valence-electron chi connectivity index (χ3n) is 2.78. The third-order valence-corrected chi connectivity index (χ3v) is 2.78. The number of carboxylic acids is 1. The lowest BCUT2D eigenvalue weighted by atomic mass is 9.86. The van der Waals surface area contributed by atoms with Gasteiger partial charge in [0.05, 0.1) is 0 Å². The zero-order valence-corrected chi connectivity index (χ0v) is 9.68. The fourth-order valence-electron chi connectivity index (χ4n) is 1.86. The van der Waals surface area contributed by atoms with Crippen molar-refractivity contribution in [2.45, 2.75) is 5.60 Å². The fourth-order valence-corrected chi connectivity index (χ4v) is 1.86. The van der Waals surface area contributed by atoms with Gasteiger partial charge < -0.3 is 10.2 Å². The SMILES string of the molecule is O=C(O)C(O)(c1ccccc1)c1cc(F)cc(F)c1. The highest BCUT2D eigenvalue weighted by atomic mass is 19.1. The number of rotatable bonds is 3. The molecule has 0 saturated heterocycles. The molecule has 98 valence electrons. The largest absolute Gasteiger partial charge is 0.479 e. The van der Waals surface area contributed by atoms with Crippen LogP contribution < -0.4 is 0 Å². The molecule has 0 aliphatic heterocycles. The summed E-state index contributed by atoms with van der Waals surface area (Å²) in [4.78, 5) is 11.3. The maximum Gasteiger partial charge on any atom is 0.345 e. The first-order valence-electron chi connectivity index (χ1n) is 5.42. The third kappa shape index (κ3) is 2.32. The first-order valence-corrected chi connectivity index (χ1v) is 5.42. The molecule has 0 heterocycles. The van der Waals surface area contributed by atoms with Gasteiger partial charge in [-0.15, -0.1) is 0 Å². The molecule has 2 rings (SSSR count). The highest BCUT2D eigenvalue weighted by Crippen LogP contribution is 2.30. The number of aliphatic carboxylic acids is 1. The summed E-state index contributed by atoms with van der Waals surface area (Å²) in [6, 6.07) is 9.63. The van der Waals surface area contributed by atoms with Crippen molar-refractivity contribution in [1.82, 2.24) is 0 Å². The van der Waals surface area contributed by atoms with Crippen LogP contribution in [0.5, 0.6) is 0 Å². The summed E-state index contributed by atoms with van der Waals surface area (Å²) in [6.45, 7) is 0. The number of carbonyl (C=O) groups is 1. The Morgan fingerprint density at radius 3 is 1.95 bits per heavy atom. The molecule has 2 aromatic rings. The van der Waals surface area contributed by atoms with Crippen molar-refractivity contribution in [3.8, 4) is 0 Å². The minimum Gasteiger partial charge on any atom is -0.479 e. The number of carboxylic acid groups (broad SMARTS) is 1. The summed E-state index contributed by atoms with van der Waals surface area (Å²) >= 11 is 0. The Morgan fingerprint density at radius 2 is 1.47 bits per heavy atom. The van der Waals surface area contributed by atoms with Gasteiger partial charge >= 0.3 is 5.97 Å². The van der Waals surface area contributed by atoms with Crippen molar-refractivity contribution < 1.29 is 23.8 Å². The molecule has 5 heteroatoms. The van der Waals surface area contributed by atoms with Crippen molar-refractivity contribution in [2.75, 3.05) is 0 Å². The number of hydrogen-bond donors (Lipinski definition) is 2. The van der Waals surface area contributed by atoms with E-state index in [0.29, 0.717) is 6.07 Å². The van der Waals surface area contributed by atoms with Crippen LogP contribution in [0, 0.1) is 11.6 Å². The van der Waals surface area contributed by atoms with Crippen LogP contribution in [-0.2, 0) is 10.4 Å².